The third kappa shape index (κ3) is 4.28. The molecule has 0 atom stereocenters. The van der Waals surface area contributed by atoms with Gasteiger partial charge in [-0.15, -0.1) is 6.42 Å². The fourth-order valence-corrected chi connectivity index (χ4v) is 3.47. The summed E-state index contributed by atoms with van der Waals surface area (Å²) in [5, 5.41) is 4.01. The van der Waals surface area contributed by atoms with Crippen molar-refractivity contribution in [3.05, 3.63) is 66.3 Å². The average molecular weight is 397 g/mol. The molecule has 28 heavy (non-hydrogen) atoms. The van der Waals surface area contributed by atoms with Gasteiger partial charge in [0.1, 0.15) is 28.9 Å². The molecule has 0 aliphatic carbocycles. The number of rotatable bonds is 8. The van der Waals surface area contributed by atoms with Gasteiger partial charge in [0.25, 0.3) is 5.91 Å². The Bertz CT molecular complexity index is 1060. The van der Waals surface area contributed by atoms with Gasteiger partial charge in [-0.1, -0.05) is 23.8 Å². The first-order valence-corrected chi connectivity index (χ1v) is 9.01. The van der Waals surface area contributed by atoms with Gasteiger partial charge in [-0.05, 0) is 30.3 Å². The third-order valence-electron chi connectivity index (χ3n) is 3.66. The van der Waals surface area contributed by atoms with Crippen LogP contribution in [0.2, 0.25) is 0 Å². The van der Waals surface area contributed by atoms with E-state index >= 15 is 0 Å². The first-order valence-electron chi connectivity index (χ1n) is 8.19. The summed E-state index contributed by atoms with van der Waals surface area (Å²) < 4.78 is 19.2. The van der Waals surface area contributed by atoms with Crippen LogP contribution in [0.5, 0.6) is 0 Å². The van der Waals surface area contributed by atoms with E-state index in [0.29, 0.717) is 26.3 Å². The van der Waals surface area contributed by atoms with Gasteiger partial charge >= 0.3 is 0 Å². The molecular formula is C20H16FN3O3S. The highest BCUT2D eigenvalue weighted by molar-refractivity contribution is 7.23. The molecule has 0 spiro atoms. The smallest absolute Gasteiger partial charge is 0.278 e. The maximum atomic E-state index is 14.3. The van der Waals surface area contributed by atoms with Crippen LogP contribution in [0, 0.1) is 18.2 Å². The van der Waals surface area contributed by atoms with Crippen LogP contribution in [0.25, 0.3) is 10.2 Å². The Balaban J connectivity index is 1.88. The molecule has 0 radical (unpaired) electrons. The number of anilines is 2. The molecule has 2 aromatic heterocycles. The molecule has 0 aliphatic heterocycles. The molecule has 0 saturated heterocycles. The van der Waals surface area contributed by atoms with Gasteiger partial charge in [-0.3, -0.25) is 9.63 Å². The number of pyridine rings is 1. The number of terminal acetylenes is 1. The van der Waals surface area contributed by atoms with Crippen LogP contribution in [0.1, 0.15) is 15.9 Å². The summed E-state index contributed by atoms with van der Waals surface area (Å²) in [7, 11) is 0. The number of ether oxygens (including phenoxy) is 1. The van der Waals surface area contributed by atoms with Gasteiger partial charge in [0.15, 0.2) is 0 Å². The van der Waals surface area contributed by atoms with E-state index in [1.54, 1.807) is 24.4 Å². The normalized spacial score (nSPS) is 10.3. The Morgan fingerprint density at radius 1 is 1.39 bits per heavy atom. The molecule has 3 rings (SSSR count). The number of carbonyl (C=O) groups excluding carboxylic acids is 1. The number of hydrogen-bond donors (Lipinski definition) is 2. The van der Waals surface area contributed by atoms with Crippen molar-refractivity contribution in [2.45, 2.75) is 0 Å². The lowest BCUT2D eigenvalue weighted by Crippen LogP contribution is -2.25. The molecule has 6 nitrogen and oxygen atoms in total. The van der Waals surface area contributed by atoms with E-state index in [0.717, 1.165) is 0 Å². The Kier molecular flexibility index (Phi) is 6.22. The minimum absolute atomic E-state index is 0.142. The largest absolute Gasteiger partial charge is 0.499 e. The van der Waals surface area contributed by atoms with Gasteiger partial charge in [0.2, 0.25) is 0 Å². The minimum atomic E-state index is -0.523. The van der Waals surface area contributed by atoms with Crippen molar-refractivity contribution < 1.29 is 18.8 Å². The molecule has 3 aromatic rings. The average Bonchev–Trinajstić information content (AvgIpc) is 3.07. The molecular weight excluding hydrogens is 381 g/mol. The van der Waals surface area contributed by atoms with Crippen molar-refractivity contribution in [2.24, 2.45) is 0 Å². The van der Waals surface area contributed by atoms with E-state index in [-0.39, 0.29) is 18.9 Å². The van der Waals surface area contributed by atoms with E-state index < -0.39 is 11.7 Å². The maximum Gasteiger partial charge on any atom is 0.278 e. The van der Waals surface area contributed by atoms with E-state index in [2.05, 4.69) is 28.3 Å². The van der Waals surface area contributed by atoms with Gasteiger partial charge in [0, 0.05) is 17.1 Å². The fraction of sp³-hybridized carbons (Fsp3) is 0.100. The van der Waals surface area contributed by atoms with Crippen molar-refractivity contribution in [1.82, 2.24) is 10.5 Å². The van der Waals surface area contributed by atoms with Gasteiger partial charge in [-0.25, -0.2) is 14.9 Å². The molecule has 0 fully saturated rings. The molecule has 0 saturated carbocycles. The standard InChI is InChI=1S/C20H16FN3O3S/c1-3-13-7-8-16(15(21)12-13)23-20-17(14-6-5-9-22-19(14)28-20)18(25)24-27-11-10-26-4-2/h1,4-9,12,23H,2,10-11H2,(H,24,25). The highest BCUT2D eigenvalue weighted by atomic mass is 32.1. The number of carbonyl (C=O) groups is 1. The number of thiophene rings is 1. The Hall–Kier alpha value is -3.41. The lowest BCUT2D eigenvalue weighted by molar-refractivity contribution is 0.0146. The monoisotopic (exact) mass is 397 g/mol. The lowest BCUT2D eigenvalue weighted by atomic mass is 10.2. The summed E-state index contributed by atoms with van der Waals surface area (Å²) in [5.74, 6) is 1.37. The third-order valence-corrected chi connectivity index (χ3v) is 4.69. The predicted molar refractivity (Wildman–Crippen MR) is 107 cm³/mol. The van der Waals surface area contributed by atoms with Crippen molar-refractivity contribution in [3.63, 3.8) is 0 Å². The first kappa shape index (κ1) is 19.4. The molecule has 0 aliphatic rings. The van der Waals surface area contributed by atoms with Crippen LogP contribution in [0.15, 0.2) is 49.4 Å². The van der Waals surface area contributed by atoms with E-state index in [9.17, 15) is 9.18 Å². The highest BCUT2D eigenvalue weighted by Gasteiger charge is 2.21. The Morgan fingerprint density at radius 3 is 3.00 bits per heavy atom. The van der Waals surface area contributed by atoms with Crippen LogP contribution >= 0.6 is 11.3 Å². The molecule has 2 N–H and O–H groups in total. The molecule has 1 aromatic carbocycles. The lowest BCUT2D eigenvalue weighted by Gasteiger charge is -2.10. The van der Waals surface area contributed by atoms with Crippen LogP contribution in [-0.4, -0.2) is 24.1 Å². The zero-order chi connectivity index (χ0) is 19.9. The Labute approximate surface area is 165 Å². The summed E-state index contributed by atoms with van der Waals surface area (Å²) in [6.07, 6.45) is 8.19. The minimum Gasteiger partial charge on any atom is -0.499 e. The highest BCUT2D eigenvalue weighted by Crippen LogP contribution is 2.36. The number of fused-ring (bicyclic) bond motifs is 1. The zero-order valence-electron chi connectivity index (χ0n) is 14.7. The SMILES string of the molecule is C#Cc1ccc(Nc2sc3ncccc3c2C(=O)NOCCOC=C)c(F)c1. The first-order chi connectivity index (χ1) is 13.6. The summed E-state index contributed by atoms with van der Waals surface area (Å²) in [6, 6.07) is 7.86. The summed E-state index contributed by atoms with van der Waals surface area (Å²) >= 11 is 1.23. The number of aromatic nitrogens is 1. The summed E-state index contributed by atoms with van der Waals surface area (Å²) in [6.45, 7) is 3.80. The van der Waals surface area contributed by atoms with Crippen LogP contribution < -0.4 is 10.8 Å². The molecule has 142 valence electrons. The number of hydrogen-bond acceptors (Lipinski definition) is 6. The molecule has 0 bridgehead atoms. The predicted octanol–water partition coefficient (Wildman–Crippen LogP) is 3.98. The molecule has 0 unspecified atom stereocenters. The molecule has 1 amide bonds. The van der Waals surface area contributed by atoms with Gasteiger partial charge in [0.05, 0.1) is 17.5 Å². The number of hydroxylamine groups is 1. The number of nitrogens with zero attached hydrogens (tertiary/aromatic N) is 1. The number of benzene rings is 1. The second kappa shape index (κ2) is 8.99. The number of nitrogens with one attached hydrogen (secondary N) is 2. The van der Waals surface area contributed by atoms with Crippen molar-refractivity contribution in [2.75, 3.05) is 18.5 Å². The van der Waals surface area contributed by atoms with E-state index in [4.69, 9.17) is 16.0 Å². The second-order valence-electron chi connectivity index (χ2n) is 5.44. The summed E-state index contributed by atoms with van der Waals surface area (Å²) in [5.41, 5.74) is 3.28. The maximum absolute atomic E-state index is 14.3. The van der Waals surface area contributed by atoms with Crippen molar-refractivity contribution in [1.29, 1.82) is 0 Å². The molecule has 8 heteroatoms. The second-order valence-corrected chi connectivity index (χ2v) is 6.44. The zero-order valence-corrected chi connectivity index (χ0v) is 15.5. The van der Waals surface area contributed by atoms with Crippen LogP contribution in [0.3, 0.4) is 0 Å². The van der Waals surface area contributed by atoms with Crippen molar-refractivity contribution in [3.8, 4) is 12.3 Å². The van der Waals surface area contributed by atoms with Gasteiger partial charge in [-0.2, -0.15) is 0 Å². The van der Waals surface area contributed by atoms with E-state index in [1.165, 1.54) is 29.7 Å². The summed E-state index contributed by atoms with van der Waals surface area (Å²) in [4.78, 5) is 22.7. The topological polar surface area (TPSA) is 72.5 Å². The number of halogens is 1. The number of amides is 1. The fourth-order valence-electron chi connectivity index (χ4n) is 2.42. The van der Waals surface area contributed by atoms with Crippen LogP contribution in [-0.2, 0) is 9.57 Å². The van der Waals surface area contributed by atoms with Crippen LogP contribution in [0.4, 0.5) is 15.1 Å². The van der Waals surface area contributed by atoms with Crippen molar-refractivity contribution >= 4 is 38.1 Å². The van der Waals surface area contributed by atoms with Gasteiger partial charge < -0.3 is 10.1 Å². The molecule has 2 heterocycles. The Morgan fingerprint density at radius 2 is 2.25 bits per heavy atom. The van der Waals surface area contributed by atoms with E-state index in [1.807, 2.05) is 0 Å². The quantitative estimate of drug-likeness (QED) is 0.260.